The number of oxazole rings is 1. The summed E-state index contributed by atoms with van der Waals surface area (Å²) in [6.45, 7) is 1.53. The van der Waals surface area contributed by atoms with E-state index in [1.54, 1.807) is 0 Å². The van der Waals surface area contributed by atoms with E-state index in [0.717, 1.165) is 31.2 Å². The van der Waals surface area contributed by atoms with Crippen molar-refractivity contribution in [1.29, 1.82) is 0 Å². The summed E-state index contributed by atoms with van der Waals surface area (Å²) < 4.78 is 38.1. The maximum absolute atomic E-state index is 13.7. The molecule has 2 aliphatic heterocycles. The largest absolute Gasteiger partial charge is 0.480 e. The van der Waals surface area contributed by atoms with Crippen molar-refractivity contribution in [2.75, 3.05) is 23.7 Å². The van der Waals surface area contributed by atoms with Crippen molar-refractivity contribution in [3.05, 3.63) is 75.2 Å². The number of thiazole rings is 1. The number of allylic oxidation sites excluding steroid dienone is 1. The van der Waals surface area contributed by atoms with Crippen LogP contribution in [0.3, 0.4) is 0 Å². The number of amides is 1. The summed E-state index contributed by atoms with van der Waals surface area (Å²) in [7, 11) is -4.15. The molecule has 276 valence electrons. The normalized spacial score (nSPS) is 17.4. The van der Waals surface area contributed by atoms with Gasteiger partial charge in [-0.15, -0.1) is 11.3 Å². The molecule has 5 rings (SSSR count). The van der Waals surface area contributed by atoms with E-state index in [2.05, 4.69) is 0 Å². The highest BCUT2D eigenvalue weighted by molar-refractivity contribution is 8.30. The van der Waals surface area contributed by atoms with Gasteiger partial charge in [-0.1, -0.05) is 35.7 Å². The molecular formula is C30H28N4O13S5. The predicted octanol–water partition coefficient (Wildman–Crippen LogP) is 0.693. The fraction of sp³-hybridized carbons (Fsp3) is 0.300. The number of carbonyl (C=O) groups excluding carboxylic acids is 1. The van der Waals surface area contributed by atoms with E-state index >= 15 is 0 Å². The van der Waals surface area contributed by atoms with Gasteiger partial charge in [-0.3, -0.25) is 47.4 Å². The lowest BCUT2D eigenvalue weighted by Crippen LogP contribution is -2.35. The number of thiocarbonyl (C=S) groups is 1. The molecule has 17 nitrogen and oxygen atoms in total. The van der Waals surface area contributed by atoms with Gasteiger partial charge in [0.25, 0.3) is 27.1 Å². The third-order valence-corrected chi connectivity index (χ3v) is 12.3. The molecule has 0 unspecified atom stereocenters. The molecule has 1 aromatic carbocycles. The quantitative estimate of drug-likeness (QED) is 0.112. The zero-order valence-corrected chi connectivity index (χ0v) is 31.1. The molecule has 0 aliphatic carbocycles. The molecule has 0 atom stereocenters. The van der Waals surface area contributed by atoms with E-state index in [1.165, 1.54) is 23.9 Å². The number of hydrogen-bond donors (Lipinski definition) is 4. The standard InChI is InChI=1S/C30H28N4O13S5/c1-14-9-16-18(10-15(14)2)49-19(31(16)7-3-4-8-52(44,45)46)6-5-17-25(41)32(11-20(35)36)28(47-17)23-26(42)33(12-21(37)38)29(50-23)24-27(43)34(13-22(39)40)30(48)51-24/h5-6,9-10H,3-4,7-8,11-13H2,1-2H3,(H,35,36)(H,37,38)(H,39,40)(H,44,45,46)/b17-5?,19-6?,28-23+,29-24+. The number of aryl methyl sites for hydroxylation is 2. The van der Waals surface area contributed by atoms with Crippen LogP contribution in [-0.2, 0) is 42.4 Å². The first kappa shape index (κ1) is 38.7. The van der Waals surface area contributed by atoms with Gasteiger partial charge in [0.05, 0.1) is 16.5 Å². The average molecular weight is 813 g/mol. The molecule has 1 amide bonds. The molecule has 2 aromatic heterocycles. The van der Waals surface area contributed by atoms with E-state index in [-0.39, 0.29) is 25.7 Å². The van der Waals surface area contributed by atoms with Crippen LogP contribution in [0.1, 0.15) is 24.0 Å². The van der Waals surface area contributed by atoms with Gasteiger partial charge in [0, 0.05) is 11.4 Å². The van der Waals surface area contributed by atoms with Crippen molar-refractivity contribution >= 4 is 102 Å². The van der Waals surface area contributed by atoms with Gasteiger partial charge in [-0.2, -0.15) is 8.42 Å². The summed E-state index contributed by atoms with van der Waals surface area (Å²) in [6, 6.07) is 3.93. The van der Waals surface area contributed by atoms with Gasteiger partial charge in [-0.05, 0) is 62.1 Å². The maximum atomic E-state index is 13.7. The number of carboxylic acid groups (broad SMARTS) is 3. The van der Waals surface area contributed by atoms with Crippen LogP contribution in [0.5, 0.6) is 0 Å². The first-order valence-electron chi connectivity index (χ1n) is 15.0. The fourth-order valence-electron chi connectivity index (χ4n) is 5.18. The molecule has 4 heterocycles. The lowest BCUT2D eigenvalue weighted by molar-refractivity contribution is -0.140. The molecule has 1 saturated heterocycles. The van der Waals surface area contributed by atoms with E-state index in [0.29, 0.717) is 45.7 Å². The second kappa shape index (κ2) is 15.2. The fourth-order valence-corrected chi connectivity index (χ4v) is 9.46. The number of rotatable bonds is 12. The molecule has 0 spiro atoms. The molecule has 0 radical (unpaired) electrons. The van der Waals surface area contributed by atoms with E-state index in [9.17, 15) is 52.5 Å². The second-order valence-electron chi connectivity index (χ2n) is 11.4. The third kappa shape index (κ3) is 8.26. The Morgan fingerprint density at radius 2 is 1.50 bits per heavy atom. The minimum Gasteiger partial charge on any atom is -0.480 e. The SMILES string of the molecule is Cc1cc2c(cc1C)N(CCCCS(=O)(=O)O)C(=CC=c1o/c(=c3/s/c(=C4/SC(=S)N(CC(=O)O)C4=O)n(CC(=O)O)c3=O)n(CC(=O)O)c1=O)S2. The van der Waals surface area contributed by atoms with Gasteiger partial charge in [0.2, 0.25) is 5.55 Å². The number of benzene rings is 1. The van der Waals surface area contributed by atoms with E-state index < -0.39 is 80.5 Å². The van der Waals surface area contributed by atoms with Crippen LogP contribution in [0.2, 0.25) is 0 Å². The van der Waals surface area contributed by atoms with Crippen LogP contribution in [0.25, 0.3) is 11.0 Å². The Morgan fingerprint density at radius 1 is 0.865 bits per heavy atom. The molecule has 2 aliphatic rings. The van der Waals surface area contributed by atoms with Gasteiger partial charge < -0.3 is 24.6 Å². The smallest absolute Gasteiger partial charge is 0.323 e. The van der Waals surface area contributed by atoms with Gasteiger partial charge >= 0.3 is 17.9 Å². The summed E-state index contributed by atoms with van der Waals surface area (Å²) in [4.78, 5) is 78.6. The summed E-state index contributed by atoms with van der Waals surface area (Å²) >= 11 is 7.68. The molecule has 52 heavy (non-hydrogen) atoms. The van der Waals surface area contributed by atoms with Crippen LogP contribution in [0, 0.1) is 23.9 Å². The number of aromatic nitrogens is 2. The summed E-state index contributed by atoms with van der Waals surface area (Å²) in [5, 5.41) is 29.0. The minimum atomic E-state index is -4.15. The van der Waals surface area contributed by atoms with Crippen LogP contribution in [0.4, 0.5) is 5.69 Å². The average Bonchev–Trinajstić information content (AvgIpc) is 3.72. The Balaban J connectivity index is 1.71. The molecule has 22 heteroatoms. The Morgan fingerprint density at radius 3 is 2.13 bits per heavy atom. The maximum Gasteiger partial charge on any atom is 0.323 e. The Bertz CT molecular complexity index is 2550. The topological polar surface area (TPSA) is 247 Å². The van der Waals surface area contributed by atoms with Crippen LogP contribution in [0.15, 0.2) is 42.1 Å². The molecule has 3 aromatic rings. The number of aliphatic carboxylic acids is 3. The Labute approximate surface area is 310 Å². The third-order valence-electron chi connectivity index (χ3n) is 7.67. The van der Waals surface area contributed by atoms with Crippen LogP contribution in [-0.4, -0.2) is 89.3 Å². The molecule has 1 fully saturated rings. The number of hydrogen-bond acceptors (Lipinski definition) is 14. The highest BCUT2D eigenvalue weighted by Gasteiger charge is 2.36. The number of nitrogens with zero attached hydrogens (tertiary/aromatic N) is 4. The first-order valence-corrected chi connectivity index (χ1v) is 19.4. The lowest BCUT2D eigenvalue weighted by atomic mass is 10.1. The van der Waals surface area contributed by atoms with Crippen molar-refractivity contribution < 1.29 is 51.9 Å². The van der Waals surface area contributed by atoms with Crippen LogP contribution >= 0.6 is 47.1 Å². The van der Waals surface area contributed by atoms with Crippen molar-refractivity contribution in [1.82, 2.24) is 14.0 Å². The second-order valence-corrected chi connectivity index (χ2v) is 16.7. The number of thioether (sulfide) groups is 2. The highest BCUT2D eigenvalue weighted by atomic mass is 32.2. The van der Waals surface area contributed by atoms with Gasteiger partial charge in [0.1, 0.15) is 33.5 Å². The number of carboxylic acids is 3. The Kier molecular flexibility index (Phi) is 11.4. The van der Waals surface area contributed by atoms with Crippen LogP contribution < -0.4 is 26.1 Å². The predicted molar refractivity (Wildman–Crippen MR) is 194 cm³/mol. The van der Waals surface area contributed by atoms with Gasteiger partial charge in [0.15, 0.2) is 9.95 Å². The number of unbranched alkanes of at least 4 members (excludes halogenated alkanes) is 1. The molecule has 4 N–H and O–H groups in total. The monoisotopic (exact) mass is 812 g/mol. The minimum absolute atomic E-state index is 0.151. The number of fused-ring (bicyclic) bond motifs is 1. The van der Waals surface area contributed by atoms with E-state index in [4.69, 9.17) is 21.2 Å². The van der Waals surface area contributed by atoms with Crippen molar-refractivity contribution in [3.63, 3.8) is 0 Å². The van der Waals surface area contributed by atoms with Crippen molar-refractivity contribution in [3.8, 4) is 0 Å². The zero-order chi connectivity index (χ0) is 38.2. The number of carbonyl (C=O) groups is 4. The Hall–Kier alpha value is -4.48. The lowest BCUT2D eigenvalue weighted by Gasteiger charge is -2.20. The summed E-state index contributed by atoms with van der Waals surface area (Å²) in [5.41, 5.74) is -0.0196. The molecule has 0 saturated carbocycles. The highest BCUT2D eigenvalue weighted by Crippen LogP contribution is 2.47. The van der Waals surface area contributed by atoms with Gasteiger partial charge in [-0.25, -0.2) is 0 Å². The summed E-state index contributed by atoms with van der Waals surface area (Å²) in [5.74, 6) is -5.62. The summed E-state index contributed by atoms with van der Waals surface area (Å²) in [6.07, 6.45) is 3.37. The molecule has 0 bridgehead atoms. The van der Waals surface area contributed by atoms with Crippen molar-refractivity contribution in [2.24, 2.45) is 0 Å². The number of anilines is 1. The molecular weight excluding hydrogens is 785 g/mol. The van der Waals surface area contributed by atoms with Crippen molar-refractivity contribution in [2.45, 2.75) is 44.7 Å². The first-order chi connectivity index (χ1) is 24.4. The van der Waals surface area contributed by atoms with E-state index in [1.807, 2.05) is 30.9 Å². The zero-order valence-electron chi connectivity index (χ0n) is 27.1.